The van der Waals surface area contributed by atoms with Gasteiger partial charge in [0.05, 0.1) is 6.10 Å². The summed E-state index contributed by atoms with van der Waals surface area (Å²) in [6, 6.07) is 0. The van der Waals surface area contributed by atoms with Crippen LogP contribution >= 0.6 is 0 Å². The Bertz CT molecular complexity index is 153. The van der Waals surface area contributed by atoms with Crippen LogP contribution < -0.4 is 10.6 Å². The summed E-state index contributed by atoms with van der Waals surface area (Å²) in [5.41, 5.74) is 0. The van der Waals surface area contributed by atoms with Crippen molar-refractivity contribution in [1.82, 2.24) is 10.6 Å². The molecule has 1 heterocycles. The fourth-order valence-electron chi connectivity index (χ4n) is 1.90. The van der Waals surface area contributed by atoms with Crippen LogP contribution in [-0.4, -0.2) is 38.9 Å². The molecule has 3 heteroatoms. The molecule has 0 aliphatic carbocycles. The molecule has 1 saturated heterocycles. The number of nitrogens with one attached hydrogen (secondary N) is 2. The van der Waals surface area contributed by atoms with Crippen LogP contribution in [-0.2, 0) is 4.74 Å². The van der Waals surface area contributed by atoms with Crippen LogP contribution in [0.1, 0.15) is 33.1 Å². The fourth-order valence-corrected chi connectivity index (χ4v) is 1.90. The summed E-state index contributed by atoms with van der Waals surface area (Å²) in [4.78, 5) is 0. The summed E-state index contributed by atoms with van der Waals surface area (Å²) in [6.45, 7) is 9.82. The first kappa shape index (κ1) is 12.9. The van der Waals surface area contributed by atoms with Crippen molar-refractivity contribution in [3.63, 3.8) is 0 Å². The van der Waals surface area contributed by atoms with E-state index in [4.69, 9.17) is 4.74 Å². The van der Waals surface area contributed by atoms with E-state index in [2.05, 4.69) is 24.5 Å². The van der Waals surface area contributed by atoms with E-state index in [0.717, 1.165) is 38.7 Å². The lowest BCUT2D eigenvalue weighted by Crippen LogP contribution is -2.31. The zero-order chi connectivity index (χ0) is 10.9. The molecule has 0 saturated carbocycles. The van der Waals surface area contributed by atoms with Gasteiger partial charge in [-0.05, 0) is 44.8 Å². The van der Waals surface area contributed by atoms with E-state index in [1.807, 2.05) is 0 Å². The summed E-state index contributed by atoms with van der Waals surface area (Å²) in [7, 11) is 0. The second-order valence-corrected chi connectivity index (χ2v) is 4.48. The Hall–Kier alpha value is -0.120. The first-order valence-electron chi connectivity index (χ1n) is 6.37. The van der Waals surface area contributed by atoms with E-state index in [-0.39, 0.29) is 0 Å². The van der Waals surface area contributed by atoms with E-state index in [1.165, 1.54) is 19.3 Å². The zero-order valence-electron chi connectivity index (χ0n) is 10.2. The highest BCUT2D eigenvalue weighted by molar-refractivity contribution is 4.74. The van der Waals surface area contributed by atoms with Crippen LogP contribution in [0.5, 0.6) is 0 Å². The van der Waals surface area contributed by atoms with Crippen molar-refractivity contribution in [2.45, 2.75) is 39.2 Å². The van der Waals surface area contributed by atoms with Gasteiger partial charge in [0.1, 0.15) is 0 Å². The van der Waals surface area contributed by atoms with Gasteiger partial charge in [-0.25, -0.2) is 0 Å². The second kappa shape index (κ2) is 8.08. The minimum absolute atomic E-state index is 0.452. The first-order valence-corrected chi connectivity index (χ1v) is 6.37. The Morgan fingerprint density at radius 1 is 1.20 bits per heavy atom. The third-order valence-electron chi connectivity index (χ3n) is 3.02. The standard InChI is InChI=1S/C12H26N2O/c1-3-6-13-7-4-8-14-10-12-11(2)5-9-15-12/h11-14H,3-10H2,1-2H3. The average molecular weight is 214 g/mol. The maximum Gasteiger partial charge on any atom is 0.0725 e. The normalized spacial score (nSPS) is 26.0. The smallest absolute Gasteiger partial charge is 0.0725 e. The number of ether oxygens (including phenoxy) is 1. The van der Waals surface area contributed by atoms with Crippen molar-refractivity contribution in [3.8, 4) is 0 Å². The Morgan fingerprint density at radius 3 is 2.67 bits per heavy atom. The minimum atomic E-state index is 0.452. The largest absolute Gasteiger partial charge is 0.377 e. The molecule has 0 spiro atoms. The lowest BCUT2D eigenvalue weighted by atomic mass is 10.0. The van der Waals surface area contributed by atoms with E-state index >= 15 is 0 Å². The van der Waals surface area contributed by atoms with Gasteiger partial charge in [-0.1, -0.05) is 13.8 Å². The first-order chi connectivity index (χ1) is 7.34. The van der Waals surface area contributed by atoms with E-state index < -0.39 is 0 Å². The van der Waals surface area contributed by atoms with Crippen LogP contribution in [0.25, 0.3) is 0 Å². The van der Waals surface area contributed by atoms with Crippen molar-refractivity contribution < 1.29 is 4.74 Å². The SMILES string of the molecule is CCCNCCCNCC1OCCC1C. The van der Waals surface area contributed by atoms with Crippen molar-refractivity contribution in [1.29, 1.82) is 0 Å². The Balaban J connectivity index is 1.84. The predicted octanol–water partition coefficient (Wildman–Crippen LogP) is 1.39. The molecule has 1 aliphatic heterocycles. The summed E-state index contributed by atoms with van der Waals surface area (Å²) in [5.74, 6) is 0.732. The van der Waals surface area contributed by atoms with Crippen LogP contribution in [0.3, 0.4) is 0 Å². The molecule has 0 radical (unpaired) electrons. The Kier molecular flexibility index (Phi) is 6.98. The molecule has 0 aromatic heterocycles. The summed E-state index contributed by atoms with van der Waals surface area (Å²) in [6.07, 6.45) is 4.11. The molecule has 0 bridgehead atoms. The van der Waals surface area contributed by atoms with E-state index in [1.54, 1.807) is 0 Å². The quantitative estimate of drug-likeness (QED) is 0.599. The molecule has 1 aliphatic rings. The highest BCUT2D eigenvalue weighted by Gasteiger charge is 2.23. The van der Waals surface area contributed by atoms with Gasteiger partial charge in [-0.2, -0.15) is 0 Å². The molecule has 1 rings (SSSR count). The maximum absolute atomic E-state index is 5.63. The molecule has 3 nitrogen and oxygen atoms in total. The van der Waals surface area contributed by atoms with Crippen LogP contribution in [0, 0.1) is 5.92 Å². The molecular weight excluding hydrogens is 188 g/mol. The van der Waals surface area contributed by atoms with Gasteiger partial charge < -0.3 is 15.4 Å². The van der Waals surface area contributed by atoms with Crippen molar-refractivity contribution in [2.75, 3.05) is 32.8 Å². The van der Waals surface area contributed by atoms with Crippen molar-refractivity contribution >= 4 is 0 Å². The Morgan fingerprint density at radius 2 is 2.00 bits per heavy atom. The highest BCUT2D eigenvalue weighted by Crippen LogP contribution is 2.18. The monoisotopic (exact) mass is 214 g/mol. The molecule has 2 atom stereocenters. The van der Waals surface area contributed by atoms with Crippen molar-refractivity contribution in [3.05, 3.63) is 0 Å². The van der Waals surface area contributed by atoms with Gasteiger partial charge in [0.15, 0.2) is 0 Å². The molecule has 2 N–H and O–H groups in total. The number of rotatable bonds is 8. The fraction of sp³-hybridized carbons (Fsp3) is 1.00. The molecule has 90 valence electrons. The Labute approximate surface area is 94.0 Å². The zero-order valence-corrected chi connectivity index (χ0v) is 10.2. The van der Waals surface area contributed by atoms with Gasteiger partial charge in [0, 0.05) is 13.2 Å². The number of hydrogen-bond donors (Lipinski definition) is 2. The molecular formula is C12H26N2O. The molecule has 0 amide bonds. The van der Waals surface area contributed by atoms with Crippen LogP contribution in [0.2, 0.25) is 0 Å². The van der Waals surface area contributed by atoms with Gasteiger partial charge >= 0.3 is 0 Å². The van der Waals surface area contributed by atoms with Gasteiger partial charge in [0.2, 0.25) is 0 Å². The lowest BCUT2D eigenvalue weighted by molar-refractivity contribution is 0.0935. The van der Waals surface area contributed by atoms with Crippen LogP contribution in [0.4, 0.5) is 0 Å². The molecule has 1 fully saturated rings. The van der Waals surface area contributed by atoms with Gasteiger partial charge in [0.25, 0.3) is 0 Å². The predicted molar refractivity (Wildman–Crippen MR) is 64.2 cm³/mol. The minimum Gasteiger partial charge on any atom is -0.377 e. The topological polar surface area (TPSA) is 33.3 Å². The van der Waals surface area contributed by atoms with Crippen molar-refractivity contribution in [2.24, 2.45) is 5.92 Å². The van der Waals surface area contributed by atoms with E-state index in [0.29, 0.717) is 6.10 Å². The van der Waals surface area contributed by atoms with E-state index in [9.17, 15) is 0 Å². The van der Waals surface area contributed by atoms with Gasteiger partial charge in [-0.15, -0.1) is 0 Å². The lowest BCUT2D eigenvalue weighted by Gasteiger charge is -2.15. The third kappa shape index (κ3) is 5.50. The summed E-state index contributed by atoms with van der Waals surface area (Å²) < 4.78 is 5.63. The molecule has 0 aromatic rings. The molecule has 15 heavy (non-hydrogen) atoms. The van der Waals surface area contributed by atoms with Gasteiger partial charge in [-0.3, -0.25) is 0 Å². The summed E-state index contributed by atoms with van der Waals surface area (Å²) >= 11 is 0. The summed E-state index contributed by atoms with van der Waals surface area (Å²) in [5, 5.41) is 6.87. The van der Waals surface area contributed by atoms with Crippen LogP contribution in [0.15, 0.2) is 0 Å². The maximum atomic E-state index is 5.63. The highest BCUT2D eigenvalue weighted by atomic mass is 16.5. The molecule has 0 aromatic carbocycles. The average Bonchev–Trinajstić information content (AvgIpc) is 2.63. The third-order valence-corrected chi connectivity index (χ3v) is 3.02. The number of hydrogen-bond acceptors (Lipinski definition) is 3. The second-order valence-electron chi connectivity index (χ2n) is 4.48. The molecule has 2 unspecified atom stereocenters.